The van der Waals surface area contributed by atoms with E-state index in [4.69, 9.17) is 11.6 Å². The van der Waals surface area contributed by atoms with Gasteiger partial charge in [-0.2, -0.15) is 0 Å². The number of benzene rings is 3. The number of hydrogen-bond donors (Lipinski definition) is 2. The molecule has 3 aromatic rings. The standard InChI is InChI=1S/C28H27ClN4O2S/c29-22-7-4-8-23(19-22)33-15-13-32(14-16-33)12-11-30-27(34)21-9-10-25-24(18-21)31-28(35)26(36-25)17-20-5-2-1-3-6-20/h1-10,17-19H,11-16H2,(H,30,34)(H,31,35)/b26-17-. The normalized spacial score (nSPS) is 17.0. The van der Waals surface area contributed by atoms with Crippen molar-refractivity contribution in [1.29, 1.82) is 0 Å². The molecule has 2 aliphatic rings. The summed E-state index contributed by atoms with van der Waals surface area (Å²) < 4.78 is 0. The predicted octanol–water partition coefficient (Wildman–Crippen LogP) is 4.98. The predicted molar refractivity (Wildman–Crippen MR) is 148 cm³/mol. The molecule has 2 amide bonds. The molecule has 2 aliphatic heterocycles. The molecule has 0 spiro atoms. The minimum absolute atomic E-state index is 0.139. The molecule has 1 fully saturated rings. The van der Waals surface area contributed by atoms with E-state index in [1.54, 1.807) is 6.07 Å². The van der Waals surface area contributed by atoms with Crippen LogP contribution in [-0.4, -0.2) is 56.0 Å². The van der Waals surface area contributed by atoms with E-state index in [0.717, 1.165) is 53.9 Å². The smallest absolute Gasteiger partial charge is 0.262 e. The Bertz CT molecular complexity index is 1290. The van der Waals surface area contributed by atoms with Gasteiger partial charge in [-0.15, -0.1) is 0 Å². The fourth-order valence-electron chi connectivity index (χ4n) is 4.33. The SMILES string of the molecule is O=C1Nc2cc(C(=O)NCCN3CCN(c4cccc(Cl)c4)CC3)ccc2S/C1=C\c1ccccc1. The summed E-state index contributed by atoms with van der Waals surface area (Å²) in [6.45, 7) is 5.08. The minimum Gasteiger partial charge on any atom is -0.369 e. The number of nitrogens with one attached hydrogen (secondary N) is 2. The lowest BCUT2D eigenvalue weighted by Gasteiger charge is -2.36. The number of nitrogens with zero attached hydrogens (tertiary/aromatic N) is 2. The maximum atomic E-state index is 12.7. The van der Waals surface area contributed by atoms with E-state index < -0.39 is 0 Å². The Morgan fingerprint density at radius 2 is 1.81 bits per heavy atom. The van der Waals surface area contributed by atoms with Crippen LogP contribution in [0.25, 0.3) is 6.08 Å². The topological polar surface area (TPSA) is 64.7 Å². The first-order valence-corrected chi connectivity index (χ1v) is 13.2. The zero-order chi connectivity index (χ0) is 24.9. The van der Waals surface area contributed by atoms with Crippen molar-refractivity contribution in [2.45, 2.75) is 4.90 Å². The average Bonchev–Trinajstić information content (AvgIpc) is 2.90. The van der Waals surface area contributed by atoms with Gasteiger partial charge in [0.15, 0.2) is 0 Å². The summed E-state index contributed by atoms with van der Waals surface area (Å²) in [5, 5.41) is 6.69. The molecule has 0 radical (unpaired) electrons. The maximum absolute atomic E-state index is 12.7. The van der Waals surface area contributed by atoms with E-state index in [2.05, 4.69) is 26.5 Å². The average molecular weight is 519 g/mol. The lowest BCUT2D eigenvalue weighted by atomic mass is 10.1. The number of carbonyl (C=O) groups is 2. The molecule has 3 aromatic carbocycles. The molecule has 0 bridgehead atoms. The summed E-state index contributed by atoms with van der Waals surface area (Å²) >= 11 is 7.54. The van der Waals surface area contributed by atoms with Crippen molar-refractivity contribution in [3.05, 3.63) is 93.9 Å². The van der Waals surface area contributed by atoms with Crippen LogP contribution in [0.3, 0.4) is 0 Å². The Morgan fingerprint density at radius 3 is 2.58 bits per heavy atom. The van der Waals surface area contributed by atoms with Crippen LogP contribution in [0.1, 0.15) is 15.9 Å². The Hall–Kier alpha value is -3.26. The fraction of sp³-hybridized carbons (Fsp3) is 0.214. The summed E-state index contributed by atoms with van der Waals surface area (Å²) in [4.78, 5) is 31.6. The third kappa shape index (κ3) is 5.93. The second-order valence-electron chi connectivity index (χ2n) is 8.75. The van der Waals surface area contributed by atoms with Crippen LogP contribution >= 0.6 is 23.4 Å². The molecule has 6 nitrogen and oxygen atoms in total. The van der Waals surface area contributed by atoms with Crippen molar-refractivity contribution in [2.75, 3.05) is 49.5 Å². The van der Waals surface area contributed by atoms with E-state index in [9.17, 15) is 9.59 Å². The molecule has 0 aliphatic carbocycles. The summed E-state index contributed by atoms with van der Waals surface area (Å²) in [7, 11) is 0. The van der Waals surface area contributed by atoms with Crippen LogP contribution in [0.15, 0.2) is 82.6 Å². The molecule has 2 N–H and O–H groups in total. The third-order valence-corrected chi connectivity index (χ3v) is 7.62. The molecule has 8 heteroatoms. The molecule has 5 rings (SSSR count). The molecule has 1 saturated heterocycles. The number of amides is 2. The highest BCUT2D eigenvalue weighted by molar-refractivity contribution is 8.04. The summed E-state index contributed by atoms with van der Waals surface area (Å²) in [6.07, 6.45) is 1.87. The van der Waals surface area contributed by atoms with Gasteiger partial charge in [0.05, 0.1) is 10.6 Å². The van der Waals surface area contributed by atoms with Gasteiger partial charge < -0.3 is 15.5 Å². The zero-order valence-electron chi connectivity index (χ0n) is 19.7. The first-order valence-electron chi connectivity index (χ1n) is 12.0. The molecule has 184 valence electrons. The number of fused-ring (bicyclic) bond motifs is 1. The van der Waals surface area contributed by atoms with Crippen LogP contribution in [0.4, 0.5) is 11.4 Å². The zero-order valence-corrected chi connectivity index (χ0v) is 21.3. The van der Waals surface area contributed by atoms with Crippen LogP contribution in [0, 0.1) is 0 Å². The van der Waals surface area contributed by atoms with Crippen molar-refractivity contribution < 1.29 is 9.59 Å². The number of anilines is 2. The Balaban J connectivity index is 1.12. The number of halogens is 1. The van der Waals surface area contributed by atoms with Gasteiger partial charge in [0.1, 0.15) is 0 Å². The maximum Gasteiger partial charge on any atom is 0.262 e. The Kier molecular flexibility index (Phi) is 7.60. The van der Waals surface area contributed by atoms with Crippen molar-refractivity contribution >= 4 is 52.6 Å². The van der Waals surface area contributed by atoms with Gasteiger partial charge in [-0.25, -0.2) is 0 Å². The number of thioether (sulfide) groups is 1. The van der Waals surface area contributed by atoms with Crippen molar-refractivity contribution in [3.63, 3.8) is 0 Å². The quantitative estimate of drug-likeness (QED) is 0.451. The van der Waals surface area contributed by atoms with Crippen molar-refractivity contribution in [2.24, 2.45) is 0 Å². The minimum atomic E-state index is -0.161. The highest BCUT2D eigenvalue weighted by atomic mass is 35.5. The fourth-order valence-corrected chi connectivity index (χ4v) is 5.45. The number of carbonyl (C=O) groups excluding carboxylic acids is 2. The van der Waals surface area contributed by atoms with Crippen molar-refractivity contribution in [1.82, 2.24) is 10.2 Å². The number of piperazine rings is 1. The van der Waals surface area contributed by atoms with E-state index in [1.165, 1.54) is 11.8 Å². The molecule has 2 heterocycles. The molecule has 36 heavy (non-hydrogen) atoms. The highest BCUT2D eigenvalue weighted by Crippen LogP contribution is 2.39. The van der Waals surface area contributed by atoms with Crippen LogP contribution in [-0.2, 0) is 4.79 Å². The second-order valence-corrected chi connectivity index (χ2v) is 10.3. The molecule has 0 atom stereocenters. The van der Waals surface area contributed by atoms with Gasteiger partial charge in [-0.05, 0) is 48.0 Å². The van der Waals surface area contributed by atoms with Gasteiger partial charge >= 0.3 is 0 Å². The van der Waals surface area contributed by atoms with Gasteiger partial charge in [-0.1, -0.05) is 59.8 Å². The summed E-state index contributed by atoms with van der Waals surface area (Å²) in [5.74, 6) is -0.300. The van der Waals surface area contributed by atoms with E-state index in [-0.39, 0.29) is 11.8 Å². The van der Waals surface area contributed by atoms with E-state index >= 15 is 0 Å². The highest BCUT2D eigenvalue weighted by Gasteiger charge is 2.22. The number of hydrogen-bond acceptors (Lipinski definition) is 5. The van der Waals surface area contributed by atoms with E-state index in [0.29, 0.717) is 22.7 Å². The summed E-state index contributed by atoms with van der Waals surface area (Å²) in [6, 6.07) is 23.1. The van der Waals surface area contributed by atoms with Gasteiger partial charge in [-0.3, -0.25) is 14.5 Å². The van der Waals surface area contributed by atoms with Crippen LogP contribution < -0.4 is 15.5 Å². The third-order valence-electron chi connectivity index (χ3n) is 6.29. The molecule has 0 saturated carbocycles. The summed E-state index contributed by atoms with van der Waals surface area (Å²) in [5.41, 5.74) is 3.33. The van der Waals surface area contributed by atoms with Crippen LogP contribution in [0.2, 0.25) is 5.02 Å². The van der Waals surface area contributed by atoms with E-state index in [1.807, 2.05) is 66.7 Å². The lowest BCUT2D eigenvalue weighted by molar-refractivity contribution is -0.112. The Morgan fingerprint density at radius 1 is 1.00 bits per heavy atom. The lowest BCUT2D eigenvalue weighted by Crippen LogP contribution is -2.48. The Labute approximate surface area is 220 Å². The molecule has 0 unspecified atom stereocenters. The van der Waals surface area contributed by atoms with Gasteiger partial charge in [0, 0.05) is 60.4 Å². The van der Waals surface area contributed by atoms with Gasteiger partial charge in [0.25, 0.3) is 11.8 Å². The second kappa shape index (κ2) is 11.2. The molecular formula is C28H27ClN4O2S. The monoisotopic (exact) mass is 518 g/mol. The first kappa shape index (κ1) is 24.4. The van der Waals surface area contributed by atoms with Crippen molar-refractivity contribution in [3.8, 4) is 0 Å². The first-order chi connectivity index (χ1) is 17.5. The van der Waals surface area contributed by atoms with Crippen LogP contribution in [0.5, 0.6) is 0 Å². The molecule has 0 aromatic heterocycles. The number of rotatable bonds is 6. The largest absolute Gasteiger partial charge is 0.369 e. The van der Waals surface area contributed by atoms with Gasteiger partial charge in [0.2, 0.25) is 0 Å². The molecular weight excluding hydrogens is 492 g/mol.